The van der Waals surface area contributed by atoms with Gasteiger partial charge in [-0.1, -0.05) is 19.8 Å². The van der Waals surface area contributed by atoms with Gasteiger partial charge in [-0.25, -0.2) is 4.79 Å². The zero-order valence-electron chi connectivity index (χ0n) is 11.2. The third-order valence-corrected chi connectivity index (χ3v) is 3.66. The molecule has 0 bridgehead atoms. The van der Waals surface area contributed by atoms with Crippen LogP contribution in [0, 0.1) is 11.8 Å². The van der Waals surface area contributed by atoms with Crippen LogP contribution in [0.1, 0.15) is 39.5 Å². The van der Waals surface area contributed by atoms with Crippen LogP contribution in [0.25, 0.3) is 0 Å². The van der Waals surface area contributed by atoms with E-state index in [0.29, 0.717) is 5.92 Å². The summed E-state index contributed by atoms with van der Waals surface area (Å²) in [6.07, 6.45) is 5.07. The van der Waals surface area contributed by atoms with Gasteiger partial charge in [-0.05, 0) is 38.1 Å². The molecule has 1 saturated carbocycles. The molecule has 1 aliphatic carbocycles. The largest absolute Gasteiger partial charge is 0.467 e. The standard InChI is InChI=1S/C13H25NO3/c1-10-4-6-11(7-5-10)8-14-9-13(2,16)12(15)17-3/h10-11,14,16H,4-9H2,1-3H3. The Labute approximate surface area is 104 Å². The summed E-state index contributed by atoms with van der Waals surface area (Å²) in [5.41, 5.74) is -1.42. The van der Waals surface area contributed by atoms with E-state index >= 15 is 0 Å². The van der Waals surface area contributed by atoms with E-state index in [0.717, 1.165) is 12.5 Å². The SMILES string of the molecule is COC(=O)C(C)(O)CNCC1CCC(C)CC1. The predicted molar refractivity (Wildman–Crippen MR) is 66.6 cm³/mol. The Kier molecular flexibility index (Phi) is 5.40. The predicted octanol–water partition coefficient (Wildman–Crippen LogP) is 1.33. The van der Waals surface area contributed by atoms with Crippen molar-refractivity contribution in [3.05, 3.63) is 0 Å². The van der Waals surface area contributed by atoms with Crippen molar-refractivity contribution in [2.24, 2.45) is 11.8 Å². The van der Waals surface area contributed by atoms with E-state index in [9.17, 15) is 9.90 Å². The first kappa shape index (κ1) is 14.5. The third-order valence-electron chi connectivity index (χ3n) is 3.66. The summed E-state index contributed by atoms with van der Waals surface area (Å²) in [5, 5.41) is 13.0. The minimum Gasteiger partial charge on any atom is -0.467 e. The number of hydrogen-bond donors (Lipinski definition) is 2. The highest BCUT2D eigenvalue weighted by atomic mass is 16.5. The smallest absolute Gasteiger partial charge is 0.338 e. The minimum absolute atomic E-state index is 0.256. The molecule has 1 aliphatic rings. The van der Waals surface area contributed by atoms with Crippen LogP contribution >= 0.6 is 0 Å². The van der Waals surface area contributed by atoms with E-state index in [1.807, 2.05) is 0 Å². The van der Waals surface area contributed by atoms with Crippen molar-refractivity contribution in [1.29, 1.82) is 0 Å². The van der Waals surface area contributed by atoms with Crippen molar-refractivity contribution in [2.45, 2.75) is 45.1 Å². The second-order valence-corrected chi connectivity index (χ2v) is 5.52. The first-order valence-electron chi connectivity index (χ1n) is 6.47. The van der Waals surface area contributed by atoms with E-state index in [2.05, 4.69) is 17.0 Å². The Morgan fingerprint density at radius 1 is 1.41 bits per heavy atom. The molecule has 0 amide bonds. The maximum Gasteiger partial charge on any atom is 0.338 e. The normalized spacial score (nSPS) is 28.5. The molecule has 0 radical (unpaired) electrons. The van der Waals surface area contributed by atoms with Crippen LogP contribution in [0.3, 0.4) is 0 Å². The van der Waals surface area contributed by atoms with Crippen molar-refractivity contribution in [1.82, 2.24) is 5.32 Å². The van der Waals surface area contributed by atoms with E-state index < -0.39 is 11.6 Å². The molecule has 0 aromatic heterocycles. The molecule has 4 nitrogen and oxygen atoms in total. The van der Waals surface area contributed by atoms with Gasteiger partial charge in [-0.15, -0.1) is 0 Å². The van der Waals surface area contributed by atoms with Gasteiger partial charge in [0.15, 0.2) is 5.60 Å². The summed E-state index contributed by atoms with van der Waals surface area (Å²) >= 11 is 0. The summed E-state index contributed by atoms with van der Waals surface area (Å²) in [7, 11) is 1.29. The van der Waals surface area contributed by atoms with E-state index in [1.54, 1.807) is 0 Å². The summed E-state index contributed by atoms with van der Waals surface area (Å²) in [6, 6.07) is 0. The molecule has 1 fully saturated rings. The van der Waals surface area contributed by atoms with Crippen LogP contribution in [0.4, 0.5) is 0 Å². The van der Waals surface area contributed by atoms with Gasteiger partial charge in [0.25, 0.3) is 0 Å². The molecule has 1 unspecified atom stereocenters. The summed E-state index contributed by atoms with van der Waals surface area (Å²) in [6.45, 7) is 4.91. The van der Waals surface area contributed by atoms with Gasteiger partial charge in [0, 0.05) is 6.54 Å². The Morgan fingerprint density at radius 3 is 2.53 bits per heavy atom. The van der Waals surface area contributed by atoms with Gasteiger partial charge < -0.3 is 15.2 Å². The molecule has 0 spiro atoms. The minimum atomic E-state index is -1.42. The number of ether oxygens (including phenoxy) is 1. The molecule has 4 heteroatoms. The zero-order chi connectivity index (χ0) is 12.9. The van der Waals surface area contributed by atoms with Crippen LogP contribution in [0.5, 0.6) is 0 Å². The molecule has 0 aromatic rings. The number of esters is 1. The number of methoxy groups -OCH3 is 1. The number of carbonyl (C=O) groups excluding carboxylic acids is 1. The van der Waals surface area contributed by atoms with Crippen LogP contribution in [-0.4, -0.2) is 36.9 Å². The number of aliphatic hydroxyl groups is 1. The molecule has 17 heavy (non-hydrogen) atoms. The molecule has 100 valence electrons. The van der Waals surface area contributed by atoms with Crippen molar-refractivity contribution in [2.75, 3.05) is 20.2 Å². The molecule has 0 heterocycles. The number of rotatable bonds is 5. The van der Waals surface area contributed by atoms with Crippen molar-refractivity contribution in [3.8, 4) is 0 Å². The second-order valence-electron chi connectivity index (χ2n) is 5.52. The van der Waals surface area contributed by atoms with Crippen molar-refractivity contribution >= 4 is 5.97 Å². The number of hydrogen-bond acceptors (Lipinski definition) is 4. The van der Waals surface area contributed by atoms with Gasteiger partial charge in [0.05, 0.1) is 7.11 Å². The molecule has 0 aliphatic heterocycles. The van der Waals surface area contributed by atoms with Gasteiger partial charge in [0.1, 0.15) is 0 Å². The van der Waals surface area contributed by atoms with E-state index in [-0.39, 0.29) is 6.54 Å². The van der Waals surface area contributed by atoms with Crippen molar-refractivity contribution < 1.29 is 14.6 Å². The Bertz CT molecular complexity index is 245. The fraction of sp³-hybridized carbons (Fsp3) is 0.923. The summed E-state index contributed by atoms with van der Waals surface area (Å²) in [5.74, 6) is 0.950. The molecule has 2 N–H and O–H groups in total. The monoisotopic (exact) mass is 243 g/mol. The molecule has 1 atom stereocenters. The third kappa shape index (κ3) is 4.64. The Morgan fingerprint density at radius 2 is 2.00 bits per heavy atom. The van der Waals surface area contributed by atoms with Crippen molar-refractivity contribution in [3.63, 3.8) is 0 Å². The van der Waals surface area contributed by atoms with Crippen LogP contribution in [0.2, 0.25) is 0 Å². The first-order chi connectivity index (χ1) is 7.95. The quantitative estimate of drug-likeness (QED) is 0.715. The second kappa shape index (κ2) is 6.36. The Hall–Kier alpha value is -0.610. The molecule has 0 aromatic carbocycles. The average molecular weight is 243 g/mol. The van der Waals surface area contributed by atoms with Gasteiger partial charge in [-0.2, -0.15) is 0 Å². The highest BCUT2D eigenvalue weighted by Crippen LogP contribution is 2.27. The van der Waals surface area contributed by atoms with Gasteiger partial charge in [0.2, 0.25) is 0 Å². The zero-order valence-corrected chi connectivity index (χ0v) is 11.2. The first-order valence-corrected chi connectivity index (χ1v) is 6.47. The van der Waals surface area contributed by atoms with E-state index in [1.165, 1.54) is 39.7 Å². The topological polar surface area (TPSA) is 58.6 Å². The molecule has 0 saturated heterocycles. The maximum absolute atomic E-state index is 11.2. The maximum atomic E-state index is 11.2. The summed E-state index contributed by atoms with van der Waals surface area (Å²) in [4.78, 5) is 11.2. The molecular formula is C13H25NO3. The lowest BCUT2D eigenvalue weighted by Gasteiger charge is -2.27. The molecular weight excluding hydrogens is 218 g/mol. The van der Waals surface area contributed by atoms with Gasteiger partial charge in [-0.3, -0.25) is 0 Å². The molecule has 1 rings (SSSR count). The highest BCUT2D eigenvalue weighted by Gasteiger charge is 2.31. The lowest BCUT2D eigenvalue weighted by molar-refractivity contribution is -0.159. The number of nitrogens with one attached hydrogen (secondary N) is 1. The average Bonchev–Trinajstić information content (AvgIpc) is 2.30. The fourth-order valence-electron chi connectivity index (χ4n) is 2.34. The Balaban J connectivity index is 2.21. The lowest BCUT2D eigenvalue weighted by Crippen LogP contribution is -2.46. The van der Waals surface area contributed by atoms with E-state index in [4.69, 9.17) is 0 Å². The fourth-order valence-corrected chi connectivity index (χ4v) is 2.34. The van der Waals surface area contributed by atoms with Crippen LogP contribution in [0.15, 0.2) is 0 Å². The number of carbonyl (C=O) groups is 1. The summed E-state index contributed by atoms with van der Waals surface area (Å²) < 4.78 is 4.54. The van der Waals surface area contributed by atoms with Gasteiger partial charge >= 0.3 is 5.97 Å². The highest BCUT2D eigenvalue weighted by molar-refractivity contribution is 5.78. The van der Waals surface area contributed by atoms with Crippen LogP contribution < -0.4 is 5.32 Å². The lowest BCUT2D eigenvalue weighted by atomic mass is 9.83. The van der Waals surface area contributed by atoms with Crippen LogP contribution in [-0.2, 0) is 9.53 Å².